The third-order valence-electron chi connectivity index (χ3n) is 7.23. The molecule has 7 heteroatoms. The van der Waals surface area contributed by atoms with E-state index in [9.17, 15) is 26.3 Å². The first-order chi connectivity index (χ1) is 17.6. The van der Waals surface area contributed by atoms with Crippen molar-refractivity contribution in [2.24, 2.45) is 11.8 Å². The van der Waals surface area contributed by atoms with Gasteiger partial charge < -0.3 is 4.74 Å². The highest BCUT2D eigenvalue weighted by Crippen LogP contribution is 2.37. The Hall–Kier alpha value is -2.96. The van der Waals surface area contributed by atoms with Crippen LogP contribution in [0.4, 0.5) is 26.3 Å². The zero-order valence-corrected chi connectivity index (χ0v) is 20.7. The molecule has 1 fully saturated rings. The smallest absolute Gasteiger partial charge is 0.397 e. The van der Waals surface area contributed by atoms with E-state index in [4.69, 9.17) is 4.74 Å². The first-order valence-corrected chi connectivity index (χ1v) is 12.8. The zero-order valence-electron chi connectivity index (χ0n) is 20.7. The summed E-state index contributed by atoms with van der Waals surface area (Å²) < 4.78 is 88.9. The summed E-state index contributed by atoms with van der Waals surface area (Å²) in [6, 6.07) is 11.3. The summed E-state index contributed by atoms with van der Waals surface area (Å²) in [6.07, 6.45) is 3.41. The highest BCUT2D eigenvalue weighted by molar-refractivity contribution is 5.71. The normalized spacial score (nSPS) is 18.1. The SMILES string of the molecule is CCCC1CCC(CCC(F)(F)Oc2ccc(-c3ccc(-c4cc(F)c(F)c(F)c4)c(F)c3)cc2)CC1. The van der Waals surface area contributed by atoms with Gasteiger partial charge in [0.1, 0.15) is 11.6 Å². The summed E-state index contributed by atoms with van der Waals surface area (Å²) in [4.78, 5) is 0. The Bertz CT molecular complexity index is 1180. The van der Waals surface area contributed by atoms with Crippen LogP contribution in [0.2, 0.25) is 0 Å². The second-order valence-electron chi connectivity index (χ2n) is 9.93. The molecule has 1 aliphatic carbocycles. The van der Waals surface area contributed by atoms with Crippen molar-refractivity contribution in [2.75, 3.05) is 0 Å². The minimum atomic E-state index is -3.28. The third kappa shape index (κ3) is 6.88. The highest BCUT2D eigenvalue weighted by Gasteiger charge is 2.33. The molecular formula is C30H30F6O. The molecule has 0 bridgehead atoms. The van der Waals surface area contributed by atoms with Crippen LogP contribution in [-0.2, 0) is 0 Å². The quantitative estimate of drug-likeness (QED) is 0.202. The van der Waals surface area contributed by atoms with Gasteiger partial charge in [-0.3, -0.25) is 0 Å². The maximum atomic E-state index is 14.7. The maximum Gasteiger partial charge on any atom is 0.397 e. The van der Waals surface area contributed by atoms with Gasteiger partial charge >= 0.3 is 6.11 Å². The Labute approximate surface area is 213 Å². The largest absolute Gasteiger partial charge is 0.433 e. The summed E-state index contributed by atoms with van der Waals surface area (Å²) in [6.45, 7) is 2.17. The topological polar surface area (TPSA) is 9.23 Å². The van der Waals surface area contributed by atoms with E-state index in [1.165, 1.54) is 49.2 Å². The van der Waals surface area contributed by atoms with Crippen LogP contribution in [-0.4, -0.2) is 6.11 Å². The number of ether oxygens (including phenoxy) is 1. The Morgan fingerprint density at radius 1 is 0.703 bits per heavy atom. The van der Waals surface area contributed by atoms with Gasteiger partial charge in [-0.15, -0.1) is 0 Å². The lowest BCUT2D eigenvalue weighted by Crippen LogP contribution is -2.26. The molecule has 0 N–H and O–H groups in total. The molecule has 1 nitrogen and oxygen atoms in total. The average molecular weight is 521 g/mol. The van der Waals surface area contributed by atoms with Gasteiger partial charge in [-0.2, -0.15) is 8.78 Å². The molecule has 4 rings (SSSR count). The van der Waals surface area contributed by atoms with Crippen molar-refractivity contribution >= 4 is 0 Å². The van der Waals surface area contributed by atoms with Gasteiger partial charge in [0.25, 0.3) is 0 Å². The molecule has 0 unspecified atom stereocenters. The van der Waals surface area contributed by atoms with Crippen molar-refractivity contribution in [3.05, 3.63) is 77.9 Å². The minimum absolute atomic E-state index is 0.00904. The van der Waals surface area contributed by atoms with Gasteiger partial charge in [-0.25, -0.2) is 17.6 Å². The van der Waals surface area contributed by atoms with E-state index in [1.54, 1.807) is 0 Å². The first-order valence-electron chi connectivity index (χ1n) is 12.8. The monoisotopic (exact) mass is 520 g/mol. The molecule has 0 aliphatic heterocycles. The van der Waals surface area contributed by atoms with Crippen molar-refractivity contribution in [1.82, 2.24) is 0 Å². The van der Waals surface area contributed by atoms with Crippen LogP contribution in [0.1, 0.15) is 58.3 Å². The van der Waals surface area contributed by atoms with Crippen molar-refractivity contribution in [1.29, 1.82) is 0 Å². The molecular weight excluding hydrogens is 490 g/mol. The summed E-state index contributed by atoms with van der Waals surface area (Å²) in [5.41, 5.74) is 0.739. The van der Waals surface area contributed by atoms with Crippen molar-refractivity contribution in [3.8, 4) is 28.0 Å². The van der Waals surface area contributed by atoms with E-state index < -0.39 is 29.4 Å². The molecule has 198 valence electrons. The molecule has 0 aromatic heterocycles. The van der Waals surface area contributed by atoms with Gasteiger partial charge in [0.05, 0.1) is 6.42 Å². The first kappa shape index (κ1) is 27.1. The average Bonchev–Trinajstić information content (AvgIpc) is 2.87. The molecule has 0 spiro atoms. The number of rotatable bonds is 9. The lowest BCUT2D eigenvalue weighted by molar-refractivity contribution is -0.183. The molecule has 0 heterocycles. The Kier molecular flexibility index (Phi) is 8.50. The molecule has 3 aromatic rings. The van der Waals surface area contributed by atoms with Crippen LogP contribution in [0.5, 0.6) is 5.75 Å². The van der Waals surface area contributed by atoms with Crippen molar-refractivity contribution in [3.63, 3.8) is 0 Å². The Morgan fingerprint density at radius 2 is 1.24 bits per heavy atom. The van der Waals surface area contributed by atoms with Crippen LogP contribution < -0.4 is 4.74 Å². The van der Waals surface area contributed by atoms with Gasteiger partial charge in [-0.1, -0.05) is 69.7 Å². The maximum absolute atomic E-state index is 14.7. The van der Waals surface area contributed by atoms with Gasteiger partial charge in [0, 0.05) is 5.56 Å². The Morgan fingerprint density at radius 3 is 1.81 bits per heavy atom. The van der Waals surface area contributed by atoms with Gasteiger partial charge in [-0.05, 0) is 65.3 Å². The number of hydrogen-bond donors (Lipinski definition) is 0. The highest BCUT2D eigenvalue weighted by atomic mass is 19.3. The van der Waals surface area contributed by atoms with Crippen LogP contribution in [0.25, 0.3) is 22.3 Å². The number of hydrogen-bond acceptors (Lipinski definition) is 1. The standard InChI is InChI=1S/C30H30F6O/c1-2-3-19-4-6-20(7-5-19)14-15-30(35,36)37-24-11-8-21(9-12-24)22-10-13-25(26(31)16-22)23-17-27(32)29(34)28(33)18-23/h8-13,16-20H,2-7,14-15H2,1H3. The summed E-state index contributed by atoms with van der Waals surface area (Å²) >= 11 is 0. The molecule has 3 aromatic carbocycles. The molecule has 0 radical (unpaired) electrons. The number of alkyl halides is 2. The predicted molar refractivity (Wildman–Crippen MR) is 132 cm³/mol. The fourth-order valence-electron chi connectivity index (χ4n) is 5.17. The van der Waals surface area contributed by atoms with E-state index in [0.717, 1.165) is 49.8 Å². The zero-order chi connectivity index (χ0) is 26.6. The van der Waals surface area contributed by atoms with E-state index in [2.05, 4.69) is 6.92 Å². The molecule has 0 amide bonds. The minimum Gasteiger partial charge on any atom is -0.433 e. The lowest BCUT2D eigenvalue weighted by Gasteiger charge is -2.29. The molecule has 1 aliphatic rings. The van der Waals surface area contributed by atoms with E-state index in [0.29, 0.717) is 23.5 Å². The van der Waals surface area contributed by atoms with E-state index in [1.807, 2.05) is 0 Å². The molecule has 1 saturated carbocycles. The fraction of sp³-hybridized carbons (Fsp3) is 0.400. The van der Waals surface area contributed by atoms with Crippen molar-refractivity contribution < 1.29 is 31.1 Å². The summed E-state index contributed by atoms with van der Waals surface area (Å²) in [5, 5.41) is 0. The van der Waals surface area contributed by atoms with Crippen molar-refractivity contribution in [2.45, 2.75) is 64.4 Å². The third-order valence-corrected chi connectivity index (χ3v) is 7.23. The van der Waals surface area contributed by atoms with Gasteiger partial charge in [0.2, 0.25) is 0 Å². The molecule has 0 saturated heterocycles. The lowest BCUT2D eigenvalue weighted by atomic mass is 9.78. The summed E-state index contributed by atoms with van der Waals surface area (Å²) in [5.74, 6) is -4.16. The number of halogens is 6. The van der Waals surface area contributed by atoms with Crippen LogP contribution in [0.15, 0.2) is 54.6 Å². The van der Waals surface area contributed by atoms with E-state index in [-0.39, 0.29) is 23.3 Å². The van der Waals surface area contributed by atoms with Crippen LogP contribution >= 0.6 is 0 Å². The second kappa shape index (κ2) is 11.6. The molecule has 37 heavy (non-hydrogen) atoms. The fourth-order valence-corrected chi connectivity index (χ4v) is 5.17. The van der Waals surface area contributed by atoms with Gasteiger partial charge in [0.15, 0.2) is 17.5 Å². The van der Waals surface area contributed by atoms with Crippen LogP contribution in [0.3, 0.4) is 0 Å². The number of benzene rings is 3. The second-order valence-corrected chi connectivity index (χ2v) is 9.93. The predicted octanol–water partition coefficient (Wildman–Crippen LogP) is 9.94. The van der Waals surface area contributed by atoms with E-state index >= 15 is 0 Å². The Balaban J connectivity index is 1.36. The molecule has 0 atom stereocenters. The summed E-state index contributed by atoms with van der Waals surface area (Å²) in [7, 11) is 0. The van der Waals surface area contributed by atoms with Crippen LogP contribution in [0, 0.1) is 35.1 Å².